The Morgan fingerprint density at radius 3 is 2.68 bits per heavy atom. The SMILES string of the molecule is CC1CCc2ccccc2N1C(=O)c1ncn(C(C)(C)C)n1. The third-order valence-electron chi connectivity index (χ3n) is 4.11. The minimum atomic E-state index is -0.184. The summed E-state index contributed by atoms with van der Waals surface area (Å²) in [5.74, 6) is 0.140. The number of carbonyl (C=O) groups is 1. The number of hydrogen-bond donors (Lipinski definition) is 0. The minimum Gasteiger partial charge on any atom is -0.303 e. The Balaban J connectivity index is 1.97. The highest BCUT2D eigenvalue weighted by molar-refractivity contribution is 6.04. The van der Waals surface area contributed by atoms with Crippen molar-refractivity contribution < 1.29 is 4.79 Å². The lowest BCUT2D eigenvalue weighted by atomic mass is 9.96. The van der Waals surface area contributed by atoms with E-state index in [0.29, 0.717) is 0 Å². The molecule has 1 aliphatic rings. The first kappa shape index (κ1) is 14.8. The molecule has 1 atom stereocenters. The van der Waals surface area contributed by atoms with E-state index in [0.717, 1.165) is 18.5 Å². The third-order valence-corrected chi connectivity index (χ3v) is 4.11. The van der Waals surface area contributed by atoms with Gasteiger partial charge in [0.15, 0.2) is 0 Å². The highest BCUT2D eigenvalue weighted by atomic mass is 16.2. The molecule has 1 aliphatic heterocycles. The zero-order chi connectivity index (χ0) is 15.9. The average molecular weight is 298 g/mol. The van der Waals surface area contributed by atoms with Crippen LogP contribution in [0.5, 0.6) is 0 Å². The number of hydrogen-bond acceptors (Lipinski definition) is 3. The molecule has 22 heavy (non-hydrogen) atoms. The molecule has 0 saturated carbocycles. The van der Waals surface area contributed by atoms with Gasteiger partial charge in [0.1, 0.15) is 6.33 Å². The zero-order valence-corrected chi connectivity index (χ0v) is 13.6. The van der Waals surface area contributed by atoms with Crippen LogP contribution in [0.15, 0.2) is 30.6 Å². The van der Waals surface area contributed by atoms with E-state index in [4.69, 9.17) is 0 Å². The van der Waals surface area contributed by atoms with E-state index >= 15 is 0 Å². The second kappa shape index (κ2) is 5.23. The molecule has 1 unspecified atom stereocenters. The van der Waals surface area contributed by atoms with Gasteiger partial charge in [-0.15, -0.1) is 5.10 Å². The standard InChI is InChI=1S/C17H22N4O/c1-12-9-10-13-7-5-6-8-14(13)21(12)16(22)15-18-11-20(19-15)17(2,3)4/h5-8,11-12H,9-10H2,1-4H3. The summed E-state index contributed by atoms with van der Waals surface area (Å²) in [4.78, 5) is 19.0. The maximum absolute atomic E-state index is 12.9. The van der Waals surface area contributed by atoms with Crippen molar-refractivity contribution in [3.05, 3.63) is 42.0 Å². The largest absolute Gasteiger partial charge is 0.303 e. The number of benzene rings is 1. The lowest BCUT2D eigenvalue weighted by Gasteiger charge is -2.34. The van der Waals surface area contributed by atoms with E-state index < -0.39 is 0 Å². The second-order valence-corrected chi connectivity index (χ2v) is 6.88. The first-order chi connectivity index (χ1) is 10.4. The molecule has 5 heteroatoms. The molecule has 2 heterocycles. The van der Waals surface area contributed by atoms with E-state index in [9.17, 15) is 4.79 Å². The highest BCUT2D eigenvalue weighted by Gasteiger charge is 2.31. The summed E-state index contributed by atoms with van der Waals surface area (Å²) in [5, 5.41) is 4.38. The van der Waals surface area contributed by atoms with Crippen LogP contribution in [0.4, 0.5) is 5.69 Å². The molecule has 3 rings (SSSR count). The van der Waals surface area contributed by atoms with Gasteiger partial charge in [0.05, 0.1) is 5.54 Å². The minimum absolute atomic E-state index is 0.123. The summed E-state index contributed by atoms with van der Waals surface area (Å²) in [6.45, 7) is 8.19. The lowest BCUT2D eigenvalue weighted by Crippen LogP contribution is -2.42. The third kappa shape index (κ3) is 2.51. The summed E-state index contributed by atoms with van der Waals surface area (Å²) in [6.07, 6.45) is 3.60. The first-order valence-electron chi connectivity index (χ1n) is 7.71. The van der Waals surface area contributed by atoms with Gasteiger partial charge in [-0.25, -0.2) is 9.67 Å². The molecule has 5 nitrogen and oxygen atoms in total. The number of para-hydroxylation sites is 1. The number of nitrogens with zero attached hydrogens (tertiary/aromatic N) is 4. The molecule has 2 aromatic rings. The van der Waals surface area contributed by atoms with Crippen molar-refractivity contribution in [2.45, 2.75) is 52.1 Å². The topological polar surface area (TPSA) is 51.0 Å². The molecule has 1 amide bonds. The Bertz CT molecular complexity index is 699. The number of rotatable bonds is 1. The lowest BCUT2D eigenvalue weighted by molar-refractivity contribution is 0.0964. The number of carbonyl (C=O) groups excluding carboxylic acids is 1. The van der Waals surface area contributed by atoms with Crippen LogP contribution >= 0.6 is 0 Å². The van der Waals surface area contributed by atoms with Crippen LogP contribution in [-0.2, 0) is 12.0 Å². The van der Waals surface area contributed by atoms with Gasteiger partial charge in [-0.1, -0.05) is 18.2 Å². The van der Waals surface area contributed by atoms with Gasteiger partial charge >= 0.3 is 0 Å². The average Bonchev–Trinajstić information content (AvgIpc) is 2.96. The fraction of sp³-hybridized carbons (Fsp3) is 0.471. The molecule has 116 valence electrons. The maximum atomic E-state index is 12.9. The van der Waals surface area contributed by atoms with Crippen LogP contribution in [0.3, 0.4) is 0 Å². The van der Waals surface area contributed by atoms with Crippen molar-refractivity contribution in [2.75, 3.05) is 4.90 Å². The van der Waals surface area contributed by atoms with E-state index in [2.05, 4.69) is 23.1 Å². The summed E-state index contributed by atoms with van der Waals surface area (Å²) in [5.41, 5.74) is 2.01. The van der Waals surface area contributed by atoms with Gasteiger partial charge in [0.25, 0.3) is 5.91 Å². The van der Waals surface area contributed by atoms with Crippen LogP contribution in [0.1, 0.15) is 50.3 Å². The molecule has 0 saturated heterocycles. The van der Waals surface area contributed by atoms with Crippen LogP contribution in [0.25, 0.3) is 0 Å². The second-order valence-electron chi connectivity index (χ2n) is 6.88. The van der Waals surface area contributed by atoms with E-state index in [-0.39, 0.29) is 23.3 Å². The van der Waals surface area contributed by atoms with Crippen molar-refractivity contribution in [1.29, 1.82) is 0 Å². The van der Waals surface area contributed by atoms with Crippen molar-refractivity contribution in [3.8, 4) is 0 Å². The van der Waals surface area contributed by atoms with Gasteiger partial charge < -0.3 is 4.90 Å². The zero-order valence-electron chi connectivity index (χ0n) is 13.6. The quantitative estimate of drug-likeness (QED) is 0.813. The van der Waals surface area contributed by atoms with Gasteiger partial charge in [-0.2, -0.15) is 0 Å². The van der Waals surface area contributed by atoms with Gasteiger partial charge in [-0.3, -0.25) is 4.79 Å². The van der Waals surface area contributed by atoms with Gasteiger partial charge in [0.2, 0.25) is 5.82 Å². The summed E-state index contributed by atoms with van der Waals surface area (Å²) >= 11 is 0. The number of aromatic nitrogens is 3. The predicted molar refractivity (Wildman–Crippen MR) is 86.1 cm³/mol. The monoisotopic (exact) mass is 298 g/mol. The molecule has 0 spiro atoms. The molecule has 0 radical (unpaired) electrons. The normalized spacial score (nSPS) is 18.2. The Hall–Kier alpha value is -2.17. The van der Waals surface area contributed by atoms with Crippen LogP contribution in [-0.4, -0.2) is 26.7 Å². The van der Waals surface area contributed by atoms with E-state index in [1.165, 1.54) is 5.56 Å². The van der Waals surface area contributed by atoms with Crippen LogP contribution < -0.4 is 4.90 Å². The number of aryl methyl sites for hydroxylation is 1. The number of anilines is 1. The van der Waals surface area contributed by atoms with Crippen molar-refractivity contribution >= 4 is 11.6 Å². The molecule has 0 aliphatic carbocycles. The molecule has 0 N–H and O–H groups in total. The first-order valence-corrected chi connectivity index (χ1v) is 7.71. The van der Waals surface area contributed by atoms with Gasteiger partial charge in [0, 0.05) is 11.7 Å². The van der Waals surface area contributed by atoms with Gasteiger partial charge in [-0.05, 0) is 52.2 Å². The predicted octanol–water partition coefficient (Wildman–Crippen LogP) is 3.01. The molecule has 1 aromatic carbocycles. The Kier molecular flexibility index (Phi) is 3.51. The van der Waals surface area contributed by atoms with Crippen LogP contribution in [0, 0.1) is 0 Å². The Labute approximate surface area is 131 Å². The smallest absolute Gasteiger partial charge is 0.298 e. The maximum Gasteiger partial charge on any atom is 0.298 e. The molecule has 0 bridgehead atoms. The molecule has 1 aromatic heterocycles. The fourth-order valence-corrected chi connectivity index (χ4v) is 2.79. The summed E-state index contributed by atoms with van der Waals surface area (Å²) in [6, 6.07) is 8.23. The van der Waals surface area contributed by atoms with Crippen molar-refractivity contribution in [2.24, 2.45) is 0 Å². The molecular formula is C17H22N4O. The van der Waals surface area contributed by atoms with Crippen LogP contribution in [0.2, 0.25) is 0 Å². The molecular weight excluding hydrogens is 276 g/mol. The fourth-order valence-electron chi connectivity index (χ4n) is 2.79. The Morgan fingerprint density at radius 2 is 2.00 bits per heavy atom. The van der Waals surface area contributed by atoms with Crippen molar-refractivity contribution in [1.82, 2.24) is 14.8 Å². The summed E-state index contributed by atoms with van der Waals surface area (Å²) in [7, 11) is 0. The Morgan fingerprint density at radius 1 is 1.27 bits per heavy atom. The summed E-state index contributed by atoms with van der Waals surface area (Å²) < 4.78 is 1.74. The highest BCUT2D eigenvalue weighted by Crippen LogP contribution is 2.31. The number of fused-ring (bicyclic) bond motifs is 1. The molecule has 0 fully saturated rings. The number of amides is 1. The van der Waals surface area contributed by atoms with E-state index in [1.807, 2.05) is 43.9 Å². The van der Waals surface area contributed by atoms with Crippen molar-refractivity contribution in [3.63, 3.8) is 0 Å². The van der Waals surface area contributed by atoms with E-state index in [1.54, 1.807) is 11.0 Å².